The van der Waals surface area contributed by atoms with Crippen LogP contribution in [0.3, 0.4) is 0 Å². The number of fused-ring (bicyclic) bond motifs is 3. The number of carbonyl (C=O) groups excluding carboxylic acids is 1. The highest BCUT2D eigenvalue weighted by Gasteiger charge is 2.29. The number of ether oxygens (including phenoxy) is 1. The van der Waals surface area contributed by atoms with Gasteiger partial charge in [0.1, 0.15) is 6.61 Å². The minimum atomic E-state index is -1.08. The van der Waals surface area contributed by atoms with Crippen molar-refractivity contribution >= 4 is 33.7 Å². The van der Waals surface area contributed by atoms with Crippen molar-refractivity contribution in [2.75, 3.05) is 11.9 Å². The van der Waals surface area contributed by atoms with Crippen molar-refractivity contribution in [2.45, 2.75) is 5.92 Å². The van der Waals surface area contributed by atoms with Crippen LogP contribution in [0.2, 0.25) is 0 Å². The Morgan fingerprint density at radius 2 is 1.57 bits per heavy atom. The highest BCUT2D eigenvalue weighted by Crippen LogP contribution is 2.44. The molecule has 4 rings (SSSR count). The Balaban J connectivity index is 1.49. The zero-order chi connectivity index (χ0) is 19.7. The van der Waals surface area contributed by atoms with Crippen molar-refractivity contribution in [3.05, 3.63) is 87.9 Å². The third-order valence-electron chi connectivity index (χ3n) is 4.79. The number of hydrogen-bond donors (Lipinski definition) is 2. The molecule has 5 nitrogen and oxygen atoms in total. The molecule has 0 radical (unpaired) electrons. The molecule has 0 saturated carbocycles. The van der Waals surface area contributed by atoms with Gasteiger partial charge in [-0.1, -0.05) is 48.5 Å². The number of rotatable bonds is 4. The van der Waals surface area contributed by atoms with Gasteiger partial charge in [-0.3, -0.25) is 5.32 Å². The maximum atomic E-state index is 12.3. The van der Waals surface area contributed by atoms with Crippen LogP contribution >= 0.6 is 15.9 Å². The molecule has 3 aromatic rings. The summed E-state index contributed by atoms with van der Waals surface area (Å²) in [6, 6.07) is 20.8. The highest BCUT2D eigenvalue weighted by atomic mass is 79.9. The second-order valence-electron chi connectivity index (χ2n) is 6.45. The van der Waals surface area contributed by atoms with E-state index in [0.29, 0.717) is 10.2 Å². The van der Waals surface area contributed by atoms with Crippen LogP contribution in [0.4, 0.5) is 10.5 Å². The molecule has 6 heteroatoms. The van der Waals surface area contributed by atoms with E-state index in [1.807, 2.05) is 24.3 Å². The fraction of sp³-hybridized carbons (Fsp3) is 0.0909. The number of nitrogens with one attached hydrogen (secondary N) is 1. The van der Waals surface area contributed by atoms with Crippen molar-refractivity contribution in [1.29, 1.82) is 0 Å². The quantitative estimate of drug-likeness (QED) is 0.564. The van der Waals surface area contributed by atoms with Crippen LogP contribution in [-0.2, 0) is 4.74 Å². The number of hydrogen-bond acceptors (Lipinski definition) is 3. The zero-order valence-corrected chi connectivity index (χ0v) is 16.3. The summed E-state index contributed by atoms with van der Waals surface area (Å²) >= 11 is 3.18. The molecule has 1 amide bonds. The third kappa shape index (κ3) is 3.39. The van der Waals surface area contributed by atoms with Crippen LogP contribution < -0.4 is 5.32 Å². The molecular weight excluding hydrogens is 422 g/mol. The molecule has 28 heavy (non-hydrogen) atoms. The van der Waals surface area contributed by atoms with Crippen molar-refractivity contribution < 1.29 is 19.4 Å². The monoisotopic (exact) mass is 437 g/mol. The Morgan fingerprint density at radius 3 is 2.18 bits per heavy atom. The van der Waals surface area contributed by atoms with Gasteiger partial charge in [0.15, 0.2) is 0 Å². The van der Waals surface area contributed by atoms with Crippen LogP contribution in [-0.4, -0.2) is 23.8 Å². The molecule has 0 heterocycles. The van der Waals surface area contributed by atoms with Crippen LogP contribution in [0.25, 0.3) is 11.1 Å². The van der Waals surface area contributed by atoms with Gasteiger partial charge in [-0.15, -0.1) is 0 Å². The highest BCUT2D eigenvalue weighted by molar-refractivity contribution is 9.10. The number of aromatic carboxylic acids is 1. The summed E-state index contributed by atoms with van der Waals surface area (Å²) in [6.07, 6.45) is -0.625. The normalized spacial score (nSPS) is 12.2. The van der Waals surface area contributed by atoms with E-state index in [4.69, 9.17) is 4.74 Å². The number of carboxylic acid groups (broad SMARTS) is 1. The molecule has 0 spiro atoms. The number of amides is 1. The zero-order valence-electron chi connectivity index (χ0n) is 14.7. The first kappa shape index (κ1) is 18.3. The molecule has 0 atom stereocenters. The van der Waals surface area contributed by atoms with Crippen molar-refractivity contribution in [3.63, 3.8) is 0 Å². The average Bonchev–Trinajstić information content (AvgIpc) is 3.01. The second kappa shape index (κ2) is 7.48. The fourth-order valence-corrected chi connectivity index (χ4v) is 3.94. The topological polar surface area (TPSA) is 75.6 Å². The predicted octanol–water partition coefficient (Wildman–Crippen LogP) is 5.51. The first-order valence-electron chi connectivity index (χ1n) is 8.69. The van der Waals surface area contributed by atoms with Gasteiger partial charge < -0.3 is 9.84 Å². The average molecular weight is 438 g/mol. The molecule has 3 aromatic carbocycles. The van der Waals surface area contributed by atoms with E-state index < -0.39 is 12.1 Å². The molecule has 0 unspecified atom stereocenters. The molecule has 1 aliphatic carbocycles. The summed E-state index contributed by atoms with van der Waals surface area (Å²) < 4.78 is 5.91. The van der Waals surface area contributed by atoms with E-state index in [1.54, 1.807) is 12.1 Å². The van der Waals surface area contributed by atoms with E-state index in [1.165, 1.54) is 6.07 Å². The van der Waals surface area contributed by atoms with Gasteiger partial charge >= 0.3 is 12.1 Å². The van der Waals surface area contributed by atoms with Crippen molar-refractivity contribution in [2.24, 2.45) is 0 Å². The van der Waals surface area contributed by atoms with E-state index in [9.17, 15) is 14.7 Å². The van der Waals surface area contributed by atoms with Crippen molar-refractivity contribution in [3.8, 4) is 11.1 Å². The SMILES string of the molecule is O=C(Nc1ccc(Br)c(C(=O)O)c1)OCC1c2ccccc2-c2ccccc21. The van der Waals surface area contributed by atoms with Gasteiger partial charge in [0.05, 0.1) is 5.56 Å². The Kier molecular flexibility index (Phi) is 4.88. The molecule has 0 bridgehead atoms. The molecule has 1 aliphatic rings. The smallest absolute Gasteiger partial charge is 0.411 e. The Labute approximate surface area is 170 Å². The molecule has 0 aromatic heterocycles. The summed E-state index contributed by atoms with van der Waals surface area (Å²) in [7, 11) is 0. The molecular formula is C22H16BrNO4. The maximum Gasteiger partial charge on any atom is 0.411 e. The van der Waals surface area contributed by atoms with Crippen LogP contribution in [0.1, 0.15) is 27.4 Å². The van der Waals surface area contributed by atoms with E-state index in [-0.39, 0.29) is 18.1 Å². The Bertz CT molecular complexity index is 1030. The van der Waals surface area contributed by atoms with E-state index in [0.717, 1.165) is 22.3 Å². The molecule has 140 valence electrons. The maximum absolute atomic E-state index is 12.3. The summed E-state index contributed by atoms with van der Waals surface area (Å²) in [5.41, 5.74) is 5.01. The second-order valence-corrected chi connectivity index (χ2v) is 7.30. The summed E-state index contributed by atoms with van der Waals surface area (Å²) in [5.74, 6) is -1.11. The Hall–Kier alpha value is -3.12. The van der Waals surface area contributed by atoms with Crippen molar-refractivity contribution in [1.82, 2.24) is 0 Å². The number of carbonyl (C=O) groups is 2. The predicted molar refractivity (Wildman–Crippen MR) is 110 cm³/mol. The van der Waals surface area contributed by atoms with E-state index >= 15 is 0 Å². The van der Waals surface area contributed by atoms with Gasteiger partial charge in [-0.25, -0.2) is 9.59 Å². The summed E-state index contributed by atoms with van der Waals surface area (Å²) in [5, 5.41) is 11.8. The third-order valence-corrected chi connectivity index (χ3v) is 5.48. The molecule has 0 saturated heterocycles. The lowest BCUT2D eigenvalue weighted by Crippen LogP contribution is -2.18. The molecule has 0 fully saturated rings. The lowest BCUT2D eigenvalue weighted by Gasteiger charge is -2.15. The number of halogens is 1. The van der Waals surface area contributed by atoms with Gasteiger partial charge in [0, 0.05) is 16.1 Å². The summed E-state index contributed by atoms with van der Waals surface area (Å²) in [6.45, 7) is 0.197. The van der Waals surface area contributed by atoms with Gasteiger partial charge in [0.25, 0.3) is 0 Å². The van der Waals surface area contributed by atoms with Gasteiger partial charge in [-0.2, -0.15) is 0 Å². The number of anilines is 1. The fourth-order valence-electron chi connectivity index (χ4n) is 3.52. The van der Waals surface area contributed by atoms with Gasteiger partial charge in [-0.05, 0) is 56.4 Å². The molecule has 0 aliphatic heterocycles. The van der Waals surface area contributed by atoms with Crippen LogP contribution in [0, 0.1) is 0 Å². The number of benzene rings is 3. The minimum Gasteiger partial charge on any atom is -0.478 e. The minimum absolute atomic E-state index is 0.0300. The number of carboxylic acids is 1. The Morgan fingerprint density at radius 1 is 0.964 bits per heavy atom. The largest absolute Gasteiger partial charge is 0.478 e. The lowest BCUT2D eigenvalue weighted by molar-refractivity contribution is 0.0695. The summed E-state index contributed by atoms with van der Waals surface area (Å²) in [4.78, 5) is 23.5. The van der Waals surface area contributed by atoms with Gasteiger partial charge in [0.2, 0.25) is 0 Å². The lowest BCUT2D eigenvalue weighted by atomic mass is 9.98. The standard InChI is InChI=1S/C22H16BrNO4/c23-20-10-9-13(11-18(20)21(25)26)24-22(27)28-12-19-16-7-3-1-5-14(16)15-6-2-4-8-17(15)19/h1-11,19H,12H2,(H,24,27)(H,25,26). The van der Waals surface area contributed by atoms with Crippen LogP contribution in [0.5, 0.6) is 0 Å². The van der Waals surface area contributed by atoms with Crippen LogP contribution in [0.15, 0.2) is 71.2 Å². The first-order chi connectivity index (χ1) is 13.5. The first-order valence-corrected chi connectivity index (χ1v) is 9.48. The molecule has 2 N–H and O–H groups in total. The van der Waals surface area contributed by atoms with E-state index in [2.05, 4.69) is 45.5 Å².